The van der Waals surface area contributed by atoms with Gasteiger partial charge in [0.15, 0.2) is 0 Å². The van der Waals surface area contributed by atoms with Crippen LogP contribution in [0, 0.1) is 28.6 Å². The zero-order valence-electron chi connectivity index (χ0n) is 17.1. The summed E-state index contributed by atoms with van der Waals surface area (Å²) in [4.78, 5) is 0. The first-order valence-electron chi connectivity index (χ1n) is 9.53. The number of rotatable bonds is 6. The minimum atomic E-state index is -0.190. The zero-order chi connectivity index (χ0) is 20.1. The fraction of sp³-hybridized carbons (Fsp3) is 0.417. The van der Waals surface area contributed by atoms with E-state index in [0.717, 1.165) is 5.56 Å². The first-order valence-corrected chi connectivity index (χ1v) is 9.53. The van der Waals surface area contributed by atoms with Crippen molar-refractivity contribution < 1.29 is 4.74 Å². The van der Waals surface area contributed by atoms with Crippen LogP contribution in [0.4, 0.5) is 0 Å². The van der Waals surface area contributed by atoms with Gasteiger partial charge in [-0.2, -0.15) is 10.5 Å². The van der Waals surface area contributed by atoms with Gasteiger partial charge < -0.3 is 4.74 Å². The fourth-order valence-corrected chi connectivity index (χ4v) is 3.24. The van der Waals surface area contributed by atoms with Gasteiger partial charge in [0.2, 0.25) is 0 Å². The van der Waals surface area contributed by atoms with E-state index in [9.17, 15) is 10.5 Å². The van der Waals surface area contributed by atoms with Crippen LogP contribution in [0.3, 0.4) is 0 Å². The van der Waals surface area contributed by atoms with Crippen molar-refractivity contribution in [3.05, 3.63) is 64.2 Å². The fourth-order valence-electron chi connectivity index (χ4n) is 3.24. The van der Waals surface area contributed by atoms with Crippen LogP contribution < -0.4 is 4.74 Å². The van der Waals surface area contributed by atoms with Crippen molar-refractivity contribution in [3.63, 3.8) is 0 Å². The molecule has 1 unspecified atom stereocenters. The van der Waals surface area contributed by atoms with Gasteiger partial charge in [-0.05, 0) is 46.6 Å². The summed E-state index contributed by atoms with van der Waals surface area (Å²) in [5.41, 5.74) is 4.38. The van der Waals surface area contributed by atoms with E-state index < -0.39 is 0 Å². The number of nitrogens with zero attached hydrogens (tertiary/aromatic N) is 2. The molecule has 0 heterocycles. The molecule has 0 amide bonds. The Hall–Kier alpha value is -2.78. The highest BCUT2D eigenvalue weighted by Crippen LogP contribution is 2.36. The monoisotopic (exact) mass is 360 g/mol. The molecule has 0 saturated heterocycles. The maximum Gasteiger partial charge on any atom is 0.139 e. The van der Waals surface area contributed by atoms with Crippen LogP contribution in [0.1, 0.15) is 87.3 Å². The molecular formula is C24H28N2O. The maximum absolute atomic E-state index is 9.51. The summed E-state index contributed by atoms with van der Waals surface area (Å²) < 4.78 is 6.34. The predicted molar refractivity (Wildman–Crippen MR) is 109 cm³/mol. The van der Waals surface area contributed by atoms with Crippen LogP contribution in [-0.4, -0.2) is 0 Å². The molecule has 1 atom stereocenters. The van der Waals surface area contributed by atoms with Crippen LogP contribution >= 0.6 is 0 Å². The molecule has 0 radical (unpaired) electrons. The van der Waals surface area contributed by atoms with Crippen LogP contribution in [-0.2, 0) is 0 Å². The largest absolute Gasteiger partial charge is 0.484 e. The smallest absolute Gasteiger partial charge is 0.139 e. The minimum absolute atomic E-state index is 0.190. The van der Waals surface area contributed by atoms with Crippen LogP contribution in [0.15, 0.2) is 36.4 Å². The molecular weight excluding hydrogens is 332 g/mol. The Balaban J connectivity index is 2.55. The summed E-state index contributed by atoms with van der Waals surface area (Å²) >= 11 is 0. The third-order valence-corrected chi connectivity index (χ3v) is 4.82. The highest BCUT2D eigenvalue weighted by molar-refractivity contribution is 5.54. The molecule has 3 nitrogen and oxygen atoms in total. The van der Waals surface area contributed by atoms with Gasteiger partial charge in [0.1, 0.15) is 29.6 Å². The Morgan fingerprint density at radius 1 is 0.815 bits per heavy atom. The van der Waals surface area contributed by atoms with Crippen molar-refractivity contribution in [1.29, 1.82) is 10.5 Å². The van der Waals surface area contributed by atoms with Gasteiger partial charge in [-0.1, -0.05) is 65.8 Å². The summed E-state index contributed by atoms with van der Waals surface area (Å²) in [6.07, 6.45) is -0.190. The highest BCUT2D eigenvalue weighted by atomic mass is 16.5. The lowest BCUT2D eigenvalue weighted by atomic mass is 9.86. The van der Waals surface area contributed by atoms with Gasteiger partial charge in [0, 0.05) is 0 Å². The second-order valence-corrected chi connectivity index (χ2v) is 7.88. The van der Waals surface area contributed by atoms with Crippen molar-refractivity contribution >= 4 is 0 Å². The van der Waals surface area contributed by atoms with E-state index in [1.54, 1.807) is 18.2 Å². The Bertz CT molecular complexity index is 882. The Labute approximate surface area is 163 Å². The van der Waals surface area contributed by atoms with E-state index in [1.165, 1.54) is 11.1 Å². The van der Waals surface area contributed by atoms with E-state index in [0.29, 0.717) is 28.7 Å². The molecule has 0 aromatic heterocycles. The number of hydrogen-bond acceptors (Lipinski definition) is 3. The molecule has 0 aliphatic heterocycles. The average molecular weight is 361 g/mol. The second kappa shape index (κ2) is 8.74. The highest BCUT2D eigenvalue weighted by Gasteiger charge is 2.24. The van der Waals surface area contributed by atoms with Crippen molar-refractivity contribution in [3.8, 4) is 17.9 Å². The normalized spacial score (nSPS) is 12.1. The number of ether oxygens (including phenoxy) is 1. The Morgan fingerprint density at radius 2 is 1.52 bits per heavy atom. The molecule has 0 saturated carbocycles. The van der Waals surface area contributed by atoms with Gasteiger partial charge in [0.05, 0.1) is 5.56 Å². The van der Waals surface area contributed by atoms with Crippen molar-refractivity contribution in [2.45, 2.75) is 59.5 Å². The van der Waals surface area contributed by atoms with Crippen molar-refractivity contribution in [1.82, 2.24) is 0 Å². The maximum atomic E-state index is 9.51. The standard InChI is InChI=1S/C24H28N2O/c1-15(2)18-10-11-20(21(12-18)16(3)4)24(17(5)6)27-23-9-7-8-19(13-25)22(23)14-26/h7-12,15-17,24H,1-6H3. The Kier molecular flexibility index (Phi) is 6.65. The molecule has 0 N–H and O–H groups in total. The summed E-state index contributed by atoms with van der Waals surface area (Å²) in [5, 5.41) is 18.8. The van der Waals surface area contributed by atoms with E-state index in [4.69, 9.17) is 4.74 Å². The van der Waals surface area contributed by atoms with Gasteiger partial charge in [-0.15, -0.1) is 0 Å². The molecule has 2 aromatic carbocycles. The van der Waals surface area contributed by atoms with Gasteiger partial charge >= 0.3 is 0 Å². The molecule has 2 rings (SSSR count). The topological polar surface area (TPSA) is 56.8 Å². The molecule has 27 heavy (non-hydrogen) atoms. The van der Waals surface area contributed by atoms with Crippen molar-refractivity contribution in [2.75, 3.05) is 0 Å². The molecule has 0 aliphatic carbocycles. The molecule has 140 valence electrons. The average Bonchev–Trinajstić information content (AvgIpc) is 2.64. The summed E-state index contributed by atoms with van der Waals surface area (Å²) in [5.74, 6) is 1.51. The van der Waals surface area contributed by atoms with E-state index in [1.807, 2.05) is 0 Å². The molecule has 0 spiro atoms. The van der Waals surface area contributed by atoms with E-state index in [2.05, 4.69) is 71.9 Å². The molecule has 0 fully saturated rings. The summed E-state index contributed by atoms with van der Waals surface area (Å²) in [7, 11) is 0. The quantitative estimate of drug-likeness (QED) is 0.594. The first-order chi connectivity index (χ1) is 12.8. The van der Waals surface area contributed by atoms with Gasteiger partial charge in [0.25, 0.3) is 0 Å². The number of nitriles is 2. The van der Waals surface area contributed by atoms with E-state index in [-0.39, 0.29) is 12.0 Å². The molecule has 3 heteroatoms. The second-order valence-electron chi connectivity index (χ2n) is 7.88. The summed E-state index contributed by atoms with van der Waals surface area (Å²) in [6.45, 7) is 13.0. The number of benzene rings is 2. The summed E-state index contributed by atoms with van der Waals surface area (Å²) in [6, 6.07) is 16.0. The third-order valence-electron chi connectivity index (χ3n) is 4.82. The van der Waals surface area contributed by atoms with Gasteiger partial charge in [-0.3, -0.25) is 0 Å². The lowest BCUT2D eigenvalue weighted by Gasteiger charge is -2.28. The van der Waals surface area contributed by atoms with Crippen molar-refractivity contribution in [2.24, 2.45) is 5.92 Å². The van der Waals surface area contributed by atoms with Crippen LogP contribution in [0.2, 0.25) is 0 Å². The molecule has 0 aliphatic rings. The lowest BCUT2D eigenvalue weighted by molar-refractivity contribution is 0.152. The van der Waals surface area contributed by atoms with E-state index >= 15 is 0 Å². The van der Waals surface area contributed by atoms with Crippen LogP contribution in [0.25, 0.3) is 0 Å². The molecule has 2 aromatic rings. The van der Waals surface area contributed by atoms with Gasteiger partial charge in [-0.25, -0.2) is 0 Å². The third kappa shape index (κ3) is 4.50. The lowest BCUT2D eigenvalue weighted by Crippen LogP contribution is -2.17. The minimum Gasteiger partial charge on any atom is -0.484 e. The van der Waals surface area contributed by atoms with Crippen LogP contribution in [0.5, 0.6) is 5.75 Å². The Morgan fingerprint density at radius 3 is 2.04 bits per heavy atom. The first kappa shape index (κ1) is 20.5. The predicted octanol–water partition coefficient (Wildman–Crippen LogP) is 6.45. The SMILES string of the molecule is CC(C)c1ccc(C(Oc2cccc(C#N)c2C#N)C(C)C)c(C(C)C)c1. The number of hydrogen-bond donors (Lipinski definition) is 0. The molecule has 0 bridgehead atoms. The zero-order valence-corrected chi connectivity index (χ0v) is 17.1.